The number of para-hydroxylation sites is 2. The summed E-state index contributed by atoms with van der Waals surface area (Å²) in [6.07, 6.45) is 6.91. The second kappa shape index (κ2) is 8.00. The predicted molar refractivity (Wildman–Crippen MR) is 103 cm³/mol. The third-order valence-corrected chi connectivity index (χ3v) is 5.20. The molecule has 1 aliphatic carbocycles. The fourth-order valence-electron chi connectivity index (χ4n) is 3.73. The molecular formula is C22H22F2N2O2. The molecule has 0 aromatic heterocycles. The van der Waals surface area contributed by atoms with Crippen molar-refractivity contribution in [1.82, 2.24) is 5.32 Å². The number of carbonyl (C=O) groups excluding carboxylic acids is 1. The summed E-state index contributed by atoms with van der Waals surface area (Å²) in [6, 6.07) is 11.5. The van der Waals surface area contributed by atoms with E-state index in [9.17, 15) is 13.6 Å². The highest BCUT2D eigenvalue weighted by Crippen LogP contribution is 2.35. The van der Waals surface area contributed by atoms with E-state index in [-0.39, 0.29) is 29.8 Å². The van der Waals surface area contributed by atoms with E-state index in [0.29, 0.717) is 11.4 Å². The van der Waals surface area contributed by atoms with Crippen LogP contribution < -0.4 is 15.0 Å². The molecule has 6 heteroatoms. The van der Waals surface area contributed by atoms with Gasteiger partial charge in [0.05, 0.1) is 18.4 Å². The summed E-state index contributed by atoms with van der Waals surface area (Å²) in [5.41, 5.74) is 0.903. The van der Waals surface area contributed by atoms with Gasteiger partial charge in [0.2, 0.25) is 5.76 Å². The van der Waals surface area contributed by atoms with Gasteiger partial charge >= 0.3 is 0 Å². The zero-order valence-electron chi connectivity index (χ0n) is 15.5. The van der Waals surface area contributed by atoms with E-state index in [1.807, 2.05) is 18.2 Å². The Morgan fingerprint density at radius 2 is 1.86 bits per heavy atom. The molecule has 1 amide bonds. The Hall–Kier alpha value is -2.89. The lowest BCUT2D eigenvalue weighted by molar-refractivity contribution is -0.120. The van der Waals surface area contributed by atoms with Gasteiger partial charge in [-0.15, -0.1) is 0 Å². The van der Waals surface area contributed by atoms with Gasteiger partial charge in [-0.25, -0.2) is 8.78 Å². The molecule has 0 unspecified atom stereocenters. The van der Waals surface area contributed by atoms with Gasteiger partial charge in [0.15, 0.2) is 17.4 Å². The van der Waals surface area contributed by atoms with Crippen molar-refractivity contribution in [2.45, 2.75) is 44.7 Å². The Balaban J connectivity index is 1.59. The van der Waals surface area contributed by atoms with Crippen LogP contribution in [0.4, 0.5) is 14.5 Å². The van der Waals surface area contributed by atoms with Crippen molar-refractivity contribution in [2.24, 2.45) is 0 Å². The van der Waals surface area contributed by atoms with Gasteiger partial charge in [-0.1, -0.05) is 43.5 Å². The molecule has 0 atom stereocenters. The number of fused-ring (bicyclic) bond motifs is 1. The molecule has 146 valence electrons. The zero-order valence-corrected chi connectivity index (χ0v) is 15.5. The quantitative estimate of drug-likeness (QED) is 0.834. The monoisotopic (exact) mass is 384 g/mol. The molecular weight excluding hydrogens is 362 g/mol. The molecule has 0 bridgehead atoms. The number of carbonyl (C=O) groups is 1. The lowest BCUT2D eigenvalue weighted by Gasteiger charge is -2.30. The number of benzene rings is 2. The summed E-state index contributed by atoms with van der Waals surface area (Å²) < 4.78 is 33.6. The van der Waals surface area contributed by atoms with Crippen LogP contribution in [-0.4, -0.2) is 11.9 Å². The van der Waals surface area contributed by atoms with Crippen LogP contribution in [0.3, 0.4) is 0 Å². The first kappa shape index (κ1) is 18.5. The third-order valence-electron chi connectivity index (χ3n) is 5.20. The van der Waals surface area contributed by atoms with Crippen molar-refractivity contribution in [2.75, 3.05) is 4.90 Å². The minimum atomic E-state index is -0.890. The first-order valence-corrected chi connectivity index (χ1v) is 9.61. The Kier molecular flexibility index (Phi) is 5.28. The Morgan fingerprint density at radius 3 is 2.68 bits per heavy atom. The first-order valence-electron chi connectivity index (χ1n) is 9.61. The fraction of sp³-hybridized carbons (Fsp3) is 0.318. The zero-order chi connectivity index (χ0) is 19.5. The predicted octanol–water partition coefficient (Wildman–Crippen LogP) is 4.65. The van der Waals surface area contributed by atoms with Crippen LogP contribution in [0.5, 0.6) is 5.75 Å². The van der Waals surface area contributed by atoms with E-state index >= 15 is 0 Å². The molecule has 1 heterocycles. The largest absolute Gasteiger partial charge is 0.448 e. The fourth-order valence-corrected chi connectivity index (χ4v) is 3.73. The SMILES string of the molecule is O=C(NC1CCCCC1)C1=CN(Cc2cccc(F)c2F)c2ccccc2O1. The van der Waals surface area contributed by atoms with Crippen LogP contribution >= 0.6 is 0 Å². The number of halogens is 2. The lowest BCUT2D eigenvalue weighted by atomic mass is 9.95. The first-order chi connectivity index (χ1) is 13.6. The lowest BCUT2D eigenvalue weighted by Crippen LogP contribution is -2.39. The average molecular weight is 384 g/mol. The van der Waals surface area contributed by atoms with E-state index in [2.05, 4.69) is 5.32 Å². The number of hydrogen-bond acceptors (Lipinski definition) is 3. The second-order valence-corrected chi connectivity index (χ2v) is 7.21. The van der Waals surface area contributed by atoms with Crippen molar-refractivity contribution < 1.29 is 18.3 Å². The number of amides is 1. The van der Waals surface area contributed by atoms with Crippen LogP contribution in [0.2, 0.25) is 0 Å². The molecule has 28 heavy (non-hydrogen) atoms. The molecule has 4 rings (SSSR count). The average Bonchev–Trinajstić information content (AvgIpc) is 2.72. The number of hydrogen-bond donors (Lipinski definition) is 1. The van der Waals surface area contributed by atoms with Crippen LogP contribution in [-0.2, 0) is 11.3 Å². The van der Waals surface area contributed by atoms with Crippen LogP contribution in [0.25, 0.3) is 0 Å². The normalized spacial score (nSPS) is 16.8. The summed E-state index contributed by atoms with van der Waals surface area (Å²) in [5, 5.41) is 3.03. The molecule has 4 nitrogen and oxygen atoms in total. The van der Waals surface area contributed by atoms with Crippen molar-refractivity contribution in [3.63, 3.8) is 0 Å². The highest BCUT2D eigenvalue weighted by atomic mass is 19.2. The van der Waals surface area contributed by atoms with Crippen LogP contribution in [0.15, 0.2) is 54.4 Å². The molecule has 0 spiro atoms. The number of ether oxygens (including phenoxy) is 1. The molecule has 0 saturated heterocycles. The van der Waals surface area contributed by atoms with Crippen molar-refractivity contribution in [3.8, 4) is 5.75 Å². The Bertz CT molecular complexity index is 907. The van der Waals surface area contributed by atoms with Crippen molar-refractivity contribution in [1.29, 1.82) is 0 Å². The highest BCUT2D eigenvalue weighted by molar-refractivity contribution is 5.93. The summed E-state index contributed by atoms with van der Waals surface area (Å²) in [7, 11) is 0. The third kappa shape index (κ3) is 3.86. The van der Waals surface area contributed by atoms with Gasteiger partial charge in [0.1, 0.15) is 0 Å². The van der Waals surface area contributed by atoms with E-state index < -0.39 is 11.6 Å². The van der Waals surface area contributed by atoms with Crippen molar-refractivity contribution >= 4 is 11.6 Å². The topological polar surface area (TPSA) is 41.6 Å². The van der Waals surface area contributed by atoms with Crippen LogP contribution in [0, 0.1) is 11.6 Å². The molecule has 1 saturated carbocycles. The van der Waals surface area contributed by atoms with Crippen LogP contribution in [0.1, 0.15) is 37.7 Å². The van der Waals surface area contributed by atoms with Crippen molar-refractivity contribution in [3.05, 3.63) is 71.6 Å². The smallest absolute Gasteiger partial charge is 0.288 e. The van der Waals surface area contributed by atoms with Gasteiger partial charge in [0, 0.05) is 11.6 Å². The molecule has 2 aromatic carbocycles. The summed E-state index contributed by atoms with van der Waals surface area (Å²) in [6.45, 7) is 0.0875. The van der Waals surface area contributed by atoms with E-state index in [1.54, 1.807) is 17.2 Å². The summed E-state index contributed by atoms with van der Waals surface area (Å²) in [5.74, 6) is -1.39. The summed E-state index contributed by atoms with van der Waals surface area (Å²) >= 11 is 0. The summed E-state index contributed by atoms with van der Waals surface area (Å²) in [4.78, 5) is 14.4. The number of nitrogens with zero attached hydrogens (tertiary/aromatic N) is 1. The molecule has 0 radical (unpaired) electrons. The molecule has 1 N–H and O–H groups in total. The van der Waals surface area contributed by atoms with Gasteiger partial charge in [-0.3, -0.25) is 4.79 Å². The molecule has 2 aliphatic rings. The maximum Gasteiger partial charge on any atom is 0.288 e. The molecule has 1 aliphatic heterocycles. The maximum atomic E-state index is 14.2. The maximum absolute atomic E-state index is 14.2. The molecule has 2 aromatic rings. The number of nitrogens with one attached hydrogen (secondary N) is 1. The van der Waals surface area contributed by atoms with E-state index in [0.717, 1.165) is 31.7 Å². The Morgan fingerprint density at radius 1 is 1.07 bits per heavy atom. The Labute approximate surface area is 162 Å². The molecule has 1 fully saturated rings. The minimum Gasteiger partial charge on any atom is -0.448 e. The van der Waals surface area contributed by atoms with E-state index in [1.165, 1.54) is 18.6 Å². The van der Waals surface area contributed by atoms with Gasteiger partial charge in [0.25, 0.3) is 5.91 Å². The standard InChI is InChI=1S/C22H22F2N2O2/c23-17-10-6-7-15(21(17)24)13-26-14-20(28-19-12-5-4-11-18(19)26)22(27)25-16-8-2-1-3-9-16/h4-7,10-12,14,16H,1-3,8-9,13H2,(H,25,27). The number of rotatable bonds is 4. The van der Waals surface area contributed by atoms with E-state index in [4.69, 9.17) is 4.74 Å². The highest BCUT2D eigenvalue weighted by Gasteiger charge is 2.26. The second-order valence-electron chi connectivity index (χ2n) is 7.21. The minimum absolute atomic E-state index is 0.0875. The number of anilines is 1. The van der Waals surface area contributed by atoms with Gasteiger partial charge in [-0.2, -0.15) is 0 Å². The van der Waals surface area contributed by atoms with Gasteiger partial charge in [-0.05, 0) is 31.0 Å². The van der Waals surface area contributed by atoms with Gasteiger partial charge < -0.3 is 15.0 Å².